The lowest BCUT2D eigenvalue weighted by Crippen LogP contribution is -2.65. The fourth-order valence-electron chi connectivity index (χ4n) is 10.1. The highest BCUT2D eigenvalue weighted by molar-refractivity contribution is 5.76. The van der Waals surface area contributed by atoms with Crippen molar-refractivity contribution in [1.82, 2.24) is 5.32 Å². The van der Waals surface area contributed by atoms with E-state index in [1.54, 1.807) is 0 Å². The second-order valence-corrected chi connectivity index (χ2v) is 21.1. The van der Waals surface area contributed by atoms with E-state index in [2.05, 4.69) is 19.2 Å². The van der Waals surface area contributed by atoms with Crippen LogP contribution >= 0.6 is 0 Å². The van der Waals surface area contributed by atoms with Crippen LogP contribution in [-0.2, 0) is 23.7 Å². The highest BCUT2D eigenvalue weighted by atomic mass is 16.7. The van der Waals surface area contributed by atoms with Gasteiger partial charge in [0, 0.05) is 6.42 Å². The Balaban J connectivity index is 1.73. The Hall–Kier alpha value is -1.01. The van der Waals surface area contributed by atoms with E-state index >= 15 is 0 Å². The normalized spacial score (nSPS) is 25.9. The molecule has 416 valence electrons. The Morgan fingerprint density at radius 2 is 0.814 bits per heavy atom. The van der Waals surface area contributed by atoms with Crippen molar-refractivity contribution >= 4 is 5.91 Å². The highest BCUT2D eigenvalue weighted by Crippen LogP contribution is 2.30. The Labute approximate surface area is 425 Å². The monoisotopic (exact) mass is 1000 g/mol. The molecule has 0 aromatic carbocycles. The second-order valence-electron chi connectivity index (χ2n) is 21.1. The summed E-state index contributed by atoms with van der Waals surface area (Å²) in [5.41, 5.74) is 0. The fourth-order valence-corrected chi connectivity index (χ4v) is 10.1. The van der Waals surface area contributed by atoms with E-state index in [0.717, 1.165) is 51.4 Å². The summed E-state index contributed by atoms with van der Waals surface area (Å²) in [6.45, 7) is 2.89. The number of hydrogen-bond donors (Lipinski definition) is 9. The summed E-state index contributed by atoms with van der Waals surface area (Å²) in [7, 11) is 0. The van der Waals surface area contributed by atoms with Crippen LogP contribution in [0.25, 0.3) is 0 Å². The van der Waals surface area contributed by atoms with Gasteiger partial charge in [0.25, 0.3) is 0 Å². The maximum atomic E-state index is 13.3. The third-order valence-electron chi connectivity index (χ3n) is 14.8. The fraction of sp³-hybridized carbons (Fsp3) is 0.982. The number of aliphatic hydroxyl groups excluding tert-OH is 8. The Morgan fingerprint density at radius 3 is 1.21 bits per heavy atom. The average Bonchev–Trinajstić information content (AvgIpc) is 3.36. The minimum atomic E-state index is -1.78. The van der Waals surface area contributed by atoms with Crippen LogP contribution in [0.15, 0.2) is 0 Å². The van der Waals surface area contributed by atoms with E-state index < -0.39 is 86.8 Å². The third kappa shape index (κ3) is 29.2. The van der Waals surface area contributed by atoms with Gasteiger partial charge in [-0.25, -0.2) is 0 Å². The van der Waals surface area contributed by atoms with Crippen molar-refractivity contribution in [1.29, 1.82) is 0 Å². The first kappa shape index (κ1) is 65.1. The maximum Gasteiger partial charge on any atom is 0.220 e. The zero-order valence-electron chi connectivity index (χ0n) is 44.5. The summed E-state index contributed by atoms with van der Waals surface area (Å²) < 4.78 is 22.8. The first-order chi connectivity index (χ1) is 34.1. The lowest BCUT2D eigenvalue weighted by molar-refractivity contribution is -0.359. The number of carbonyl (C=O) groups excluding carboxylic acids is 1. The first-order valence-corrected chi connectivity index (χ1v) is 29.3. The van der Waals surface area contributed by atoms with Crippen molar-refractivity contribution in [2.24, 2.45) is 0 Å². The molecule has 12 atom stereocenters. The lowest BCUT2D eigenvalue weighted by Gasteiger charge is -2.46. The minimum absolute atomic E-state index is 0.201. The van der Waals surface area contributed by atoms with Crippen molar-refractivity contribution < 1.29 is 64.6 Å². The van der Waals surface area contributed by atoms with Gasteiger partial charge in [-0.1, -0.05) is 239 Å². The molecule has 1 amide bonds. The van der Waals surface area contributed by atoms with Gasteiger partial charge in [-0.3, -0.25) is 4.79 Å². The molecule has 14 heteroatoms. The summed E-state index contributed by atoms with van der Waals surface area (Å²) in [5.74, 6) is -0.201. The summed E-state index contributed by atoms with van der Waals surface area (Å²) in [6, 6.07) is -0.821. The molecule has 2 aliphatic heterocycles. The summed E-state index contributed by atoms with van der Waals surface area (Å²) >= 11 is 0. The zero-order valence-corrected chi connectivity index (χ0v) is 44.5. The van der Waals surface area contributed by atoms with Crippen LogP contribution in [0.4, 0.5) is 0 Å². The molecule has 0 bridgehead atoms. The van der Waals surface area contributed by atoms with E-state index in [1.165, 1.54) is 180 Å². The third-order valence-corrected chi connectivity index (χ3v) is 14.8. The number of carbonyl (C=O) groups is 1. The Morgan fingerprint density at radius 1 is 0.457 bits per heavy atom. The van der Waals surface area contributed by atoms with Gasteiger partial charge in [-0.05, 0) is 12.8 Å². The van der Waals surface area contributed by atoms with E-state index in [4.69, 9.17) is 18.9 Å². The van der Waals surface area contributed by atoms with Crippen molar-refractivity contribution in [2.75, 3.05) is 19.8 Å². The molecule has 2 rings (SSSR count). The molecule has 2 fully saturated rings. The van der Waals surface area contributed by atoms with E-state index in [1.807, 2.05) is 0 Å². The number of ether oxygens (including phenoxy) is 4. The van der Waals surface area contributed by atoms with Crippen LogP contribution in [-0.4, -0.2) is 140 Å². The van der Waals surface area contributed by atoms with Crippen LogP contribution in [0.1, 0.15) is 258 Å². The molecular formula is C56H109NO13. The van der Waals surface area contributed by atoms with Crippen LogP contribution in [0.2, 0.25) is 0 Å². The smallest absolute Gasteiger partial charge is 0.220 e. The topological polar surface area (TPSA) is 228 Å². The number of amides is 1. The van der Waals surface area contributed by atoms with Gasteiger partial charge < -0.3 is 65.1 Å². The SMILES string of the molecule is CCCCCCCCCCCCCCCCCCCCCCCCC(=O)N[C@@H](CO[C@@H]1O[C@H](CO)[C@@H](O[C@@H]2O[C@H](CO)[C@H](O)C(O)C2O)C(O)C1O)[C@H](O)CCCCCCCCCCCCCCCC. The van der Waals surface area contributed by atoms with Crippen molar-refractivity contribution in [3.05, 3.63) is 0 Å². The van der Waals surface area contributed by atoms with E-state index in [9.17, 15) is 45.6 Å². The van der Waals surface area contributed by atoms with Crippen LogP contribution in [0.5, 0.6) is 0 Å². The van der Waals surface area contributed by atoms with Crippen LogP contribution in [0, 0.1) is 0 Å². The predicted octanol–water partition coefficient (Wildman–Crippen LogP) is 9.34. The van der Waals surface area contributed by atoms with Crippen LogP contribution in [0.3, 0.4) is 0 Å². The van der Waals surface area contributed by atoms with Crippen molar-refractivity contribution in [3.8, 4) is 0 Å². The number of nitrogens with one attached hydrogen (secondary N) is 1. The Kier molecular flexibility index (Phi) is 40.2. The van der Waals surface area contributed by atoms with Gasteiger partial charge in [0.05, 0.1) is 32.0 Å². The van der Waals surface area contributed by atoms with Gasteiger partial charge in [0.2, 0.25) is 5.91 Å². The van der Waals surface area contributed by atoms with Gasteiger partial charge in [-0.2, -0.15) is 0 Å². The number of hydrogen-bond acceptors (Lipinski definition) is 13. The van der Waals surface area contributed by atoms with Crippen LogP contribution < -0.4 is 5.32 Å². The molecule has 2 saturated heterocycles. The maximum absolute atomic E-state index is 13.3. The average molecular weight is 1000 g/mol. The molecule has 0 radical (unpaired) electrons. The van der Waals surface area contributed by atoms with E-state index in [-0.39, 0.29) is 12.5 Å². The zero-order chi connectivity index (χ0) is 51.0. The number of rotatable bonds is 47. The molecule has 2 heterocycles. The molecule has 9 N–H and O–H groups in total. The highest BCUT2D eigenvalue weighted by Gasteiger charge is 2.51. The quantitative estimate of drug-likeness (QED) is 0.0259. The van der Waals surface area contributed by atoms with Gasteiger partial charge in [0.1, 0.15) is 48.8 Å². The summed E-state index contributed by atoms with van der Waals surface area (Å²) in [5, 5.41) is 87.1. The van der Waals surface area contributed by atoms with Gasteiger partial charge in [0.15, 0.2) is 12.6 Å². The lowest BCUT2D eigenvalue weighted by atomic mass is 9.97. The van der Waals surface area contributed by atoms with Gasteiger partial charge in [-0.15, -0.1) is 0 Å². The number of aliphatic hydroxyl groups is 8. The standard InChI is InChI=1S/C56H109NO13/c1-3-5-7-9-11-13-15-17-19-20-21-22-23-24-25-26-28-30-32-34-36-38-40-48(61)57-44(45(60)39-37-35-33-31-29-27-18-16-14-12-10-8-6-4-2)43-67-55-53(66)51(64)54(47(42-59)69-55)70-56-52(65)50(63)49(62)46(41-58)68-56/h44-47,49-56,58-60,62-66H,3-43H2,1-2H3,(H,57,61)/t44-,45+,46+,47+,49-,50?,51?,52?,53?,54+,55+,56-/m0/s1. The van der Waals surface area contributed by atoms with Crippen molar-refractivity contribution in [3.63, 3.8) is 0 Å². The molecule has 2 aliphatic rings. The van der Waals surface area contributed by atoms with Gasteiger partial charge >= 0.3 is 0 Å². The second kappa shape index (κ2) is 43.3. The molecule has 0 aromatic heterocycles. The predicted molar refractivity (Wildman–Crippen MR) is 277 cm³/mol. The molecule has 0 aliphatic carbocycles. The molecule has 0 spiro atoms. The number of unbranched alkanes of at least 4 members (excludes halogenated alkanes) is 34. The molecule has 0 saturated carbocycles. The molecule has 70 heavy (non-hydrogen) atoms. The molecule has 4 unspecified atom stereocenters. The summed E-state index contributed by atoms with van der Waals surface area (Å²) in [6.07, 6.45) is 29.6. The summed E-state index contributed by atoms with van der Waals surface area (Å²) in [4.78, 5) is 13.3. The molecular weight excluding hydrogens is 895 g/mol. The van der Waals surface area contributed by atoms with Crippen molar-refractivity contribution in [2.45, 2.75) is 331 Å². The first-order valence-electron chi connectivity index (χ1n) is 29.3. The minimum Gasteiger partial charge on any atom is -0.394 e. The Bertz CT molecular complexity index is 1180. The largest absolute Gasteiger partial charge is 0.394 e. The van der Waals surface area contributed by atoms with E-state index in [0.29, 0.717) is 12.8 Å². The molecule has 14 nitrogen and oxygen atoms in total. The molecule has 0 aromatic rings.